The average Bonchev–Trinajstić information content (AvgIpc) is 2.82. The molecule has 3 heteroatoms. The lowest BCUT2D eigenvalue weighted by Gasteiger charge is -2.14. The van der Waals surface area contributed by atoms with Crippen LogP contribution >= 0.6 is 0 Å². The van der Waals surface area contributed by atoms with Gasteiger partial charge in [0.15, 0.2) is 0 Å². The number of nitriles is 1. The number of hydrogen-bond donors (Lipinski definition) is 0. The summed E-state index contributed by atoms with van der Waals surface area (Å²) in [5.74, 6) is 0. The molecule has 3 rings (SSSR count). The number of aromatic nitrogens is 2. The number of nitrogens with zero attached hydrogens (tertiary/aromatic N) is 3. The lowest BCUT2D eigenvalue weighted by molar-refractivity contribution is 0.656. The Hall–Kier alpha value is -2.08. The fourth-order valence-corrected chi connectivity index (χ4v) is 2.45. The first-order chi connectivity index (χ1) is 8.40. The number of imidazole rings is 1. The summed E-state index contributed by atoms with van der Waals surface area (Å²) in [6.07, 6.45) is 6.43. The second-order valence-electron chi connectivity index (χ2n) is 4.34. The van der Waals surface area contributed by atoms with Crippen molar-refractivity contribution in [3.8, 4) is 11.8 Å². The normalized spacial score (nSPS) is 14.1. The molecule has 3 nitrogen and oxygen atoms in total. The van der Waals surface area contributed by atoms with Gasteiger partial charge in [0.1, 0.15) is 6.07 Å². The summed E-state index contributed by atoms with van der Waals surface area (Å²) in [4.78, 5) is 4.46. The zero-order valence-corrected chi connectivity index (χ0v) is 9.56. The maximum absolute atomic E-state index is 9.14. The van der Waals surface area contributed by atoms with Gasteiger partial charge >= 0.3 is 0 Å². The van der Waals surface area contributed by atoms with E-state index in [1.807, 2.05) is 30.6 Å². The van der Waals surface area contributed by atoms with Crippen LogP contribution in [-0.2, 0) is 12.8 Å². The molecule has 0 saturated heterocycles. The van der Waals surface area contributed by atoms with Crippen molar-refractivity contribution in [3.63, 3.8) is 0 Å². The molecular formula is C14H13N3. The maximum Gasteiger partial charge on any atom is 0.101 e. The van der Waals surface area contributed by atoms with Gasteiger partial charge < -0.3 is 4.57 Å². The highest BCUT2D eigenvalue weighted by atomic mass is 15.1. The van der Waals surface area contributed by atoms with Crippen LogP contribution in [0.3, 0.4) is 0 Å². The standard InChI is InChI=1S/C14H13N3/c15-9-11-5-1-3-7-13(11)17-10-16-12-6-2-4-8-14(12)17/h1,3,5,7,10H,2,4,6,8H2. The summed E-state index contributed by atoms with van der Waals surface area (Å²) >= 11 is 0. The van der Waals surface area contributed by atoms with E-state index in [2.05, 4.69) is 15.6 Å². The minimum Gasteiger partial charge on any atom is -0.302 e. The Morgan fingerprint density at radius 1 is 1.18 bits per heavy atom. The van der Waals surface area contributed by atoms with Crippen molar-refractivity contribution in [1.29, 1.82) is 5.26 Å². The summed E-state index contributed by atoms with van der Waals surface area (Å²) in [5.41, 5.74) is 4.13. The van der Waals surface area contributed by atoms with E-state index < -0.39 is 0 Å². The van der Waals surface area contributed by atoms with Crippen LogP contribution in [0.25, 0.3) is 5.69 Å². The van der Waals surface area contributed by atoms with Crippen molar-refractivity contribution in [2.24, 2.45) is 0 Å². The van der Waals surface area contributed by atoms with Gasteiger partial charge in [0.05, 0.1) is 23.3 Å². The van der Waals surface area contributed by atoms with E-state index in [4.69, 9.17) is 5.26 Å². The molecular weight excluding hydrogens is 210 g/mol. The van der Waals surface area contributed by atoms with Gasteiger partial charge in [-0.15, -0.1) is 0 Å². The van der Waals surface area contributed by atoms with Gasteiger partial charge in [-0.05, 0) is 37.8 Å². The molecule has 1 heterocycles. The Morgan fingerprint density at radius 2 is 2.00 bits per heavy atom. The third-order valence-electron chi connectivity index (χ3n) is 3.31. The van der Waals surface area contributed by atoms with Crippen LogP contribution < -0.4 is 0 Å². The van der Waals surface area contributed by atoms with Crippen molar-refractivity contribution in [2.45, 2.75) is 25.7 Å². The number of fused-ring (bicyclic) bond motifs is 1. The van der Waals surface area contributed by atoms with Crippen LogP contribution in [-0.4, -0.2) is 9.55 Å². The topological polar surface area (TPSA) is 41.6 Å². The molecule has 1 aromatic heterocycles. The van der Waals surface area contributed by atoms with Crippen LogP contribution in [0.4, 0.5) is 0 Å². The Bertz CT molecular complexity index is 590. The van der Waals surface area contributed by atoms with Gasteiger partial charge in [-0.25, -0.2) is 4.98 Å². The highest BCUT2D eigenvalue weighted by Gasteiger charge is 2.17. The minimum atomic E-state index is 0.707. The van der Waals surface area contributed by atoms with Gasteiger partial charge in [-0.2, -0.15) is 5.26 Å². The summed E-state index contributed by atoms with van der Waals surface area (Å²) in [5, 5.41) is 9.14. The fourth-order valence-electron chi connectivity index (χ4n) is 2.45. The van der Waals surface area contributed by atoms with Gasteiger partial charge in [-0.3, -0.25) is 0 Å². The largest absolute Gasteiger partial charge is 0.302 e. The number of benzene rings is 1. The molecule has 0 N–H and O–H groups in total. The number of rotatable bonds is 1. The van der Waals surface area contributed by atoms with Crippen LogP contribution in [0.2, 0.25) is 0 Å². The van der Waals surface area contributed by atoms with Crippen LogP contribution in [0.15, 0.2) is 30.6 Å². The number of hydrogen-bond acceptors (Lipinski definition) is 2. The molecule has 0 aliphatic heterocycles. The first kappa shape index (κ1) is 10.1. The van der Waals surface area contributed by atoms with Gasteiger partial charge in [0, 0.05) is 5.69 Å². The molecule has 1 aliphatic carbocycles. The van der Waals surface area contributed by atoms with Gasteiger partial charge in [-0.1, -0.05) is 12.1 Å². The maximum atomic E-state index is 9.14. The molecule has 0 atom stereocenters. The molecule has 0 fully saturated rings. The second kappa shape index (κ2) is 4.06. The van der Waals surface area contributed by atoms with Crippen LogP contribution in [0.5, 0.6) is 0 Å². The molecule has 0 bridgehead atoms. The zero-order chi connectivity index (χ0) is 11.7. The summed E-state index contributed by atoms with van der Waals surface area (Å²) in [6, 6.07) is 9.93. The van der Waals surface area contributed by atoms with E-state index in [0.29, 0.717) is 5.56 Å². The van der Waals surface area contributed by atoms with E-state index in [1.165, 1.54) is 24.2 Å². The molecule has 84 valence electrons. The zero-order valence-electron chi connectivity index (χ0n) is 9.56. The van der Waals surface area contributed by atoms with Crippen molar-refractivity contribution in [2.75, 3.05) is 0 Å². The molecule has 0 radical (unpaired) electrons. The first-order valence-corrected chi connectivity index (χ1v) is 5.95. The lowest BCUT2D eigenvalue weighted by Crippen LogP contribution is -2.07. The Morgan fingerprint density at radius 3 is 2.88 bits per heavy atom. The fraction of sp³-hybridized carbons (Fsp3) is 0.286. The second-order valence-corrected chi connectivity index (χ2v) is 4.34. The number of para-hydroxylation sites is 1. The minimum absolute atomic E-state index is 0.707. The Kier molecular flexibility index (Phi) is 2.41. The van der Waals surface area contributed by atoms with Crippen molar-refractivity contribution >= 4 is 0 Å². The monoisotopic (exact) mass is 223 g/mol. The van der Waals surface area contributed by atoms with Crippen molar-refractivity contribution in [3.05, 3.63) is 47.5 Å². The van der Waals surface area contributed by atoms with Crippen molar-refractivity contribution in [1.82, 2.24) is 9.55 Å². The van der Waals surface area contributed by atoms with E-state index in [0.717, 1.165) is 18.5 Å². The third-order valence-corrected chi connectivity index (χ3v) is 3.31. The Balaban J connectivity index is 2.16. The summed E-state index contributed by atoms with van der Waals surface area (Å²) < 4.78 is 2.08. The molecule has 0 amide bonds. The smallest absolute Gasteiger partial charge is 0.101 e. The van der Waals surface area contributed by atoms with E-state index in [-0.39, 0.29) is 0 Å². The van der Waals surface area contributed by atoms with E-state index in [1.54, 1.807) is 0 Å². The van der Waals surface area contributed by atoms with E-state index in [9.17, 15) is 0 Å². The predicted molar refractivity (Wildman–Crippen MR) is 64.9 cm³/mol. The molecule has 0 unspecified atom stereocenters. The predicted octanol–water partition coefficient (Wildman–Crippen LogP) is 2.62. The van der Waals surface area contributed by atoms with Gasteiger partial charge in [0.25, 0.3) is 0 Å². The van der Waals surface area contributed by atoms with Crippen LogP contribution in [0.1, 0.15) is 29.8 Å². The van der Waals surface area contributed by atoms with Crippen molar-refractivity contribution < 1.29 is 0 Å². The molecule has 2 aromatic rings. The van der Waals surface area contributed by atoms with Crippen LogP contribution in [0, 0.1) is 11.3 Å². The highest BCUT2D eigenvalue weighted by Crippen LogP contribution is 2.24. The molecule has 17 heavy (non-hydrogen) atoms. The quantitative estimate of drug-likeness (QED) is 0.745. The first-order valence-electron chi connectivity index (χ1n) is 5.95. The molecule has 0 spiro atoms. The summed E-state index contributed by atoms with van der Waals surface area (Å²) in [6.45, 7) is 0. The lowest BCUT2D eigenvalue weighted by atomic mass is 10.0. The molecule has 0 saturated carbocycles. The SMILES string of the molecule is N#Cc1ccccc1-n1cnc2c1CCCC2. The number of aryl methyl sites for hydroxylation is 1. The van der Waals surface area contributed by atoms with Gasteiger partial charge in [0.2, 0.25) is 0 Å². The van der Waals surface area contributed by atoms with E-state index >= 15 is 0 Å². The highest BCUT2D eigenvalue weighted by molar-refractivity contribution is 5.50. The third kappa shape index (κ3) is 1.62. The molecule has 1 aromatic carbocycles. The molecule has 1 aliphatic rings. The Labute approximate surface area is 100 Å². The summed E-state index contributed by atoms with van der Waals surface area (Å²) in [7, 11) is 0. The average molecular weight is 223 g/mol.